The standard InChI is InChI=1S/C6H11N3O/c1-5(10)6(7)9-3-2-8-4-9/h2-6,10H,7H2,1H3. The first-order valence-electron chi connectivity index (χ1n) is 3.13. The number of hydrogen-bond donors (Lipinski definition) is 2. The Morgan fingerprint density at radius 1 is 1.70 bits per heavy atom. The third-order valence-electron chi connectivity index (χ3n) is 1.36. The first kappa shape index (κ1) is 7.24. The molecule has 2 atom stereocenters. The zero-order chi connectivity index (χ0) is 7.56. The summed E-state index contributed by atoms with van der Waals surface area (Å²) in [7, 11) is 0. The van der Waals surface area contributed by atoms with Gasteiger partial charge in [0.2, 0.25) is 0 Å². The molecule has 0 amide bonds. The van der Waals surface area contributed by atoms with Crippen LogP contribution in [0, 0.1) is 0 Å². The summed E-state index contributed by atoms with van der Waals surface area (Å²) in [6.45, 7) is 1.64. The molecule has 1 heterocycles. The summed E-state index contributed by atoms with van der Waals surface area (Å²) < 4.78 is 1.66. The molecule has 0 aromatic carbocycles. The highest BCUT2D eigenvalue weighted by Crippen LogP contribution is 2.01. The molecule has 0 saturated carbocycles. The number of imidazole rings is 1. The molecule has 2 unspecified atom stereocenters. The van der Waals surface area contributed by atoms with E-state index in [4.69, 9.17) is 10.8 Å². The number of aliphatic hydroxyl groups is 1. The maximum absolute atomic E-state index is 9.02. The summed E-state index contributed by atoms with van der Waals surface area (Å²) in [5.41, 5.74) is 5.56. The molecular formula is C6H11N3O. The second-order valence-corrected chi connectivity index (χ2v) is 2.24. The zero-order valence-electron chi connectivity index (χ0n) is 5.81. The van der Waals surface area contributed by atoms with Gasteiger partial charge in [-0.3, -0.25) is 0 Å². The highest BCUT2D eigenvalue weighted by atomic mass is 16.3. The Morgan fingerprint density at radius 2 is 2.40 bits per heavy atom. The number of hydrogen-bond acceptors (Lipinski definition) is 3. The Bertz CT molecular complexity index is 183. The maximum atomic E-state index is 9.02. The molecule has 0 radical (unpaired) electrons. The molecule has 56 valence electrons. The van der Waals surface area contributed by atoms with E-state index in [1.54, 1.807) is 30.2 Å². The number of aliphatic hydroxyl groups excluding tert-OH is 1. The van der Waals surface area contributed by atoms with Crippen molar-refractivity contribution in [3.8, 4) is 0 Å². The predicted octanol–water partition coefficient (Wildman–Crippen LogP) is -0.279. The molecule has 0 aliphatic carbocycles. The van der Waals surface area contributed by atoms with Gasteiger partial charge in [-0.1, -0.05) is 0 Å². The monoisotopic (exact) mass is 141 g/mol. The van der Waals surface area contributed by atoms with Crippen molar-refractivity contribution in [2.75, 3.05) is 0 Å². The molecule has 0 aliphatic heterocycles. The Balaban J connectivity index is 2.68. The van der Waals surface area contributed by atoms with Crippen molar-refractivity contribution < 1.29 is 5.11 Å². The van der Waals surface area contributed by atoms with Crippen LogP contribution in [-0.2, 0) is 0 Å². The second kappa shape index (κ2) is 2.81. The van der Waals surface area contributed by atoms with Gasteiger partial charge in [0.25, 0.3) is 0 Å². The molecule has 1 aromatic rings. The van der Waals surface area contributed by atoms with E-state index in [-0.39, 0.29) is 6.17 Å². The van der Waals surface area contributed by atoms with Crippen LogP contribution in [0.25, 0.3) is 0 Å². The topological polar surface area (TPSA) is 64.1 Å². The molecule has 0 fully saturated rings. The lowest BCUT2D eigenvalue weighted by atomic mass is 10.3. The number of nitrogens with zero attached hydrogens (tertiary/aromatic N) is 2. The van der Waals surface area contributed by atoms with E-state index < -0.39 is 6.10 Å². The molecule has 0 bridgehead atoms. The van der Waals surface area contributed by atoms with Gasteiger partial charge in [0.05, 0.1) is 12.4 Å². The van der Waals surface area contributed by atoms with Crippen molar-refractivity contribution in [3.63, 3.8) is 0 Å². The Morgan fingerprint density at radius 3 is 2.80 bits per heavy atom. The quantitative estimate of drug-likeness (QED) is 0.595. The average Bonchev–Trinajstić information content (AvgIpc) is 2.36. The largest absolute Gasteiger partial charge is 0.390 e. The van der Waals surface area contributed by atoms with Gasteiger partial charge in [-0.25, -0.2) is 4.98 Å². The SMILES string of the molecule is CC(O)C(N)n1ccnc1. The van der Waals surface area contributed by atoms with Crippen LogP contribution < -0.4 is 5.73 Å². The molecule has 0 saturated heterocycles. The molecule has 1 aromatic heterocycles. The van der Waals surface area contributed by atoms with Crippen LogP contribution in [0.5, 0.6) is 0 Å². The molecule has 1 rings (SSSR count). The second-order valence-electron chi connectivity index (χ2n) is 2.24. The summed E-state index contributed by atoms with van der Waals surface area (Å²) in [6, 6.07) is 0. The minimum Gasteiger partial charge on any atom is -0.390 e. The van der Waals surface area contributed by atoms with Gasteiger partial charge in [-0.15, -0.1) is 0 Å². The Labute approximate surface area is 59.3 Å². The van der Waals surface area contributed by atoms with Crippen LogP contribution in [-0.4, -0.2) is 20.8 Å². The summed E-state index contributed by atoms with van der Waals surface area (Å²) in [5.74, 6) is 0. The van der Waals surface area contributed by atoms with Gasteiger partial charge < -0.3 is 15.4 Å². The van der Waals surface area contributed by atoms with E-state index in [1.165, 1.54) is 0 Å². The van der Waals surface area contributed by atoms with Crippen molar-refractivity contribution >= 4 is 0 Å². The lowest BCUT2D eigenvalue weighted by Gasteiger charge is -2.15. The van der Waals surface area contributed by atoms with Gasteiger partial charge in [0, 0.05) is 12.4 Å². The molecule has 0 aliphatic rings. The molecule has 4 nitrogen and oxygen atoms in total. The van der Waals surface area contributed by atoms with Crippen LogP contribution in [0.3, 0.4) is 0 Å². The number of nitrogens with two attached hydrogens (primary N) is 1. The van der Waals surface area contributed by atoms with E-state index in [0.717, 1.165) is 0 Å². The van der Waals surface area contributed by atoms with Crippen LogP contribution >= 0.6 is 0 Å². The fourth-order valence-electron chi connectivity index (χ4n) is 0.695. The third kappa shape index (κ3) is 1.34. The van der Waals surface area contributed by atoms with Gasteiger partial charge in [-0.05, 0) is 6.92 Å². The van der Waals surface area contributed by atoms with Gasteiger partial charge >= 0.3 is 0 Å². The maximum Gasteiger partial charge on any atom is 0.108 e. The van der Waals surface area contributed by atoms with Crippen molar-refractivity contribution in [2.24, 2.45) is 5.73 Å². The summed E-state index contributed by atoms with van der Waals surface area (Å²) >= 11 is 0. The van der Waals surface area contributed by atoms with Crippen LogP contribution in [0.4, 0.5) is 0 Å². The van der Waals surface area contributed by atoms with E-state index in [2.05, 4.69) is 4.98 Å². The van der Waals surface area contributed by atoms with E-state index in [0.29, 0.717) is 0 Å². The van der Waals surface area contributed by atoms with Crippen molar-refractivity contribution in [3.05, 3.63) is 18.7 Å². The molecule has 3 N–H and O–H groups in total. The summed E-state index contributed by atoms with van der Waals surface area (Å²) in [5, 5.41) is 9.02. The minimum absolute atomic E-state index is 0.387. The van der Waals surface area contributed by atoms with E-state index in [1.807, 2.05) is 0 Å². The fraction of sp³-hybridized carbons (Fsp3) is 0.500. The van der Waals surface area contributed by atoms with E-state index in [9.17, 15) is 0 Å². The van der Waals surface area contributed by atoms with Gasteiger partial charge in [0.15, 0.2) is 0 Å². The van der Waals surface area contributed by atoms with Gasteiger partial charge in [0.1, 0.15) is 6.17 Å². The Hall–Kier alpha value is -0.870. The number of aromatic nitrogens is 2. The smallest absolute Gasteiger partial charge is 0.108 e. The third-order valence-corrected chi connectivity index (χ3v) is 1.36. The van der Waals surface area contributed by atoms with Crippen LogP contribution in [0.2, 0.25) is 0 Å². The molecule has 4 heteroatoms. The molecule has 0 spiro atoms. The fourth-order valence-corrected chi connectivity index (χ4v) is 0.695. The van der Waals surface area contributed by atoms with Crippen molar-refractivity contribution in [1.29, 1.82) is 0 Å². The summed E-state index contributed by atoms with van der Waals surface area (Å²) in [4.78, 5) is 3.80. The zero-order valence-corrected chi connectivity index (χ0v) is 5.81. The predicted molar refractivity (Wildman–Crippen MR) is 37.1 cm³/mol. The van der Waals surface area contributed by atoms with Crippen molar-refractivity contribution in [1.82, 2.24) is 9.55 Å². The lowest BCUT2D eigenvalue weighted by molar-refractivity contribution is 0.133. The molecule has 10 heavy (non-hydrogen) atoms. The van der Waals surface area contributed by atoms with Crippen molar-refractivity contribution in [2.45, 2.75) is 19.2 Å². The highest BCUT2D eigenvalue weighted by Gasteiger charge is 2.08. The van der Waals surface area contributed by atoms with Crippen LogP contribution in [0.15, 0.2) is 18.7 Å². The summed E-state index contributed by atoms with van der Waals surface area (Å²) in [6.07, 6.45) is 3.99. The first-order valence-corrected chi connectivity index (χ1v) is 3.13. The van der Waals surface area contributed by atoms with Crippen LogP contribution in [0.1, 0.15) is 13.1 Å². The first-order chi connectivity index (χ1) is 4.72. The molecular weight excluding hydrogens is 130 g/mol. The normalized spacial score (nSPS) is 16.7. The minimum atomic E-state index is -0.547. The van der Waals surface area contributed by atoms with Gasteiger partial charge in [-0.2, -0.15) is 0 Å². The van der Waals surface area contributed by atoms with E-state index >= 15 is 0 Å². The lowest BCUT2D eigenvalue weighted by Crippen LogP contribution is -2.28. The Kier molecular flexibility index (Phi) is 2.03. The average molecular weight is 141 g/mol. The highest BCUT2D eigenvalue weighted by molar-refractivity contribution is 4.79. The number of rotatable bonds is 2.